The predicted molar refractivity (Wildman–Crippen MR) is 112 cm³/mol. The molecule has 144 valence electrons. The summed E-state index contributed by atoms with van der Waals surface area (Å²) < 4.78 is 13.7. The van der Waals surface area contributed by atoms with Gasteiger partial charge >= 0.3 is 0 Å². The van der Waals surface area contributed by atoms with Gasteiger partial charge in [0, 0.05) is 5.69 Å². The second kappa shape index (κ2) is 7.36. The van der Waals surface area contributed by atoms with Gasteiger partial charge in [-0.15, -0.1) is 0 Å². The van der Waals surface area contributed by atoms with Gasteiger partial charge in [0.2, 0.25) is 0 Å². The molecule has 2 amide bonds. The SMILES string of the molecule is Cc1cc(C)cc(NC2=C(c3ccccc3)C(=O)N(c3cccc(F)c3)C2=O)c1. The number of imide groups is 1. The smallest absolute Gasteiger partial charge is 0.282 e. The van der Waals surface area contributed by atoms with Crippen LogP contribution in [0, 0.1) is 19.7 Å². The molecule has 3 aromatic carbocycles. The highest BCUT2D eigenvalue weighted by molar-refractivity contribution is 6.46. The monoisotopic (exact) mass is 386 g/mol. The first-order chi connectivity index (χ1) is 13.9. The predicted octanol–water partition coefficient (Wildman–Crippen LogP) is 4.84. The third-order valence-electron chi connectivity index (χ3n) is 4.70. The molecule has 0 saturated carbocycles. The quantitative estimate of drug-likeness (QED) is 0.653. The Kier molecular flexibility index (Phi) is 4.72. The van der Waals surface area contributed by atoms with Crippen LogP contribution in [-0.2, 0) is 9.59 Å². The maximum Gasteiger partial charge on any atom is 0.282 e. The first kappa shape index (κ1) is 18.6. The molecule has 4 nitrogen and oxygen atoms in total. The average molecular weight is 386 g/mol. The van der Waals surface area contributed by atoms with Crippen LogP contribution >= 0.6 is 0 Å². The number of hydrogen-bond acceptors (Lipinski definition) is 3. The number of hydrogen-bond donors (Lipinski definition) is 1. The Bertz CT molecular complexity index is 1130. The van der Waals surface area contributed by atoms with Crippen molar-refractivity contribution >= 4 is 28.8 Å². The van der Waals surface area contributed by atoms with Gasteiger partial charge in [-0.3, -0.25) is 9.59 Å². The summed E-state index contributed by atoms with van der Waals surface area (Å²) in [4.78, 5) is 27.5. The Morgan fingerprint density at radius 2 is 1.48 bits per heavy atom. The van der Waals surface area contributed by atoms with Gasteiger partial charge in [0.15, 0.2) is 0 Å². The van der Waals surface area contributed by atoms with E-state index in [-0.39, 0.29) is 17.0 Å². The van der Waals surface area contributed by atoms with Gasteiger partial charge in [0.1, 0.15) is 11.5 Å². The third-order valence-corrected chi connectivity index (χ3v) is 4.70. The Morgan fingerprint density at radius 1 is 0.793 bits per heavy atom. The normalized spacial score (nSPS) is 14.0. The van der Waals surface area contributed by atoms with E-state index >= 15 is 0 Å². The van der Waals surface area contributed by atoms with Crippen molar-refractivity contribution in [3.63, 3.8) is 0 Å². The molecule has 1 aliphatic heterocycles. The molecule has 3 aromatic rings. The second-order valence-electron chi connectivity index (χ2n) is 7.04. The van der Waals surface area contributed by atoms with Crippen LogP contribution in [0.2, 0.25) is 0 Å². The number of anilines is 2. The fourth-order valence-corrected chi connectivity index (χ4v) is 3.56. The summed E-state index contributed by atoms with van der Waals surface area (Å²) in [7, 11) is 0. The Balaban J connectivity index is 1.83. The summed E-state index contributed by atoms with van der Waals surface area (Å²) in [6, 6.07) is 20.3. The highest BCUT2D eigenvalue weighted by atomic mass is 19.1. The number of aryl methyl sites for hydroxylation is 2. The molecule has 0 aliphatic carbocycles. The zero-order chi connectivity index (χ0) is 20.5. The van der Waals surface area contributed by atoms with Gasteiger partial charge in [-0.1, -0.05) is 42.5 Å². The molecule has 0 radical (unpaired) electrons. The van der Waals surface area contributed by atoms with E-state index in [0.717, 1.165) is 16.0 Å². The minimum atomic E-state index is -0.515. The highest BCUT2D eigenvalue weighted by Crippen LogP contribution is 2.34. The van der Waals surface area contributed by atoms with Crippen LogP contribution < -0.4 is 10.2 Å². The first-order valence-electron chi connectivity index (χ1n) is 9.23. The van der Waals surface area contributed by atoms with Crippen molar-refractivity contribution < 1.29 is 14.0 Å². The summed E-state index contributed by atoms with van der Waals surface area (Å²) in [6.07, 6.45) is 0. The topological polar surface area (TPSA) is 49.4 Å². The van der Waals surface area contributed by atoms with Crippen molar-refractivity contribution in [3.05, 3.63) is 101 Å². The molecule has 4 rings (SSSR count). The van der Waals surface area contributed by atoms with Crippen LogP contribution in [0.25, 0.3) is 5.57 Å². The number of carbonyl (C=O) groups is 2. The number of nitrogens with zero attached hydrogens (tertiary/aromatic N) is 1. The van der Waals surface area contributed by atoms with Crippen LogP contribution in [0.4, 0.5) is 15.8 Å². The standard InChI is InChI=1S/C24H19FN2O2/c1-15-11-16(2)13-19(12-15)26-22-21(17-7-4-3-5-8-17)23(28)27(24(22)29)20-10-6-9-18(25)14-20/h3-14,26H,1-2H3. The zero-order valence-electron chi connectivity index (χ0n) is 16.1. The first-order valence-corrected chi connectivity index (χ1v) is 9.23. The molecule has 0 aromatic heterocycles. The van der Waals surface area contributed by atoms with Crippen LogP contribution in [0.5, 0.6) is 0 Å². The molecule has 0 saturated heterocycles. The Hall–Kier alpha value is -3.73. The van der Waals surface area contributed by atoms with Gasteiger partial charge < -0.3 is 5.32 Å². The van der Waals surface area contributed by atoms with Crippen molar-refractivity contribution in [3.8, 4) is 0 Å². The van der Waals surface area contributed by atoms with Crippen LogP contribution in [-0.4, -0.2) is 11.8 Å². The zero-order valence-corrected chi connectivity index (χ0v) is 16.1. The molecule has 5 heteroatoms. The average Bonchev–Trinajstić information content (AvgIpc) is 2.91. The molecular formula is C24H19FN2O2. The molecule has 29 heavy (non-hydrogen) atoms. The van der Waals surface area contributed by atoms with Crippen molar-refractivity contribution in [2.45, 2.75) is 13.8 Å². The van der Waals surface area contributed by atoms with Gasteiger partial charge in [0.05, 0.1) is 11.3 Å². The fourth-order valence-electron chi connectivity index (χ4n) is 3.56. The molecule has 0 fully saturated rings. The largest absolute Gasteiger partial charge is 0.350 e. The molecule has 0 bridgehead atoms. The fraction of sp³-hybridized carbons (Fsp3) is 0.0833. The maximum atomic E-state index is 13.7. The summed E-state index contributed by atoms with van der Waals surface area (Å²) in [5, 5.41) is 3.14. The van der Waals surface area contributed by atoms with E-state index in [1.807, 2.05) is 38.1 Å². The summed E-state index contributed by atoms with van der Waals surface area (Å²) in [5.41, 5.74) is 4.05. The number of carbonyl (C=O) groups excluding carboxylic acids is 2. The molecule has 0 atom stereocenters. The minimum Gasteiger partial charge on any atom is -0.350 e. The summed E-state index contributed by atoms with van der Waals surface area (Å²) >= 11 is 0. The Morgan fingerprint density at radius 3 is 2.14 bits per heavy atom. The number of halogens is 1. The number of nitrogens with one attached hydrogen (secondary N) is 1. The highest BCUT2D eigenvalue weighted by Gasteiger charge is 2.40. The molecule has 0 unspecified atom stereocenters. The van der Waals surface area contributed by atoms with E-state index in [9.17, 15) is 14.0 Å². The van der Waals surface area contributed by atoms with Crippen LogP contribution in [0.1, 0.15) is 16.7 Å². The van der Waals surface area contributed by atoms with Crippen molar-refractivity contribution in [2.75, 3.05) is 10.2 Å². The lowest BCUT2D eigenvalue weighted by atomic mass is 10.0. The van der Waals surface area contributed by atoms with Crippen LogP contribution in [0.3, 0.4) is 0 Å². The molecular weight excluding hydrogens is 367 g/mol. The molecule has 0 spiro atoms. The minimum absolute atomic E-state index is 0.176. The van der Waals surface area contributed by atoms with E-state index in [0.29, 0.717) is 11.3 Å². The van der Waals surface area contributed by atoms with Gasteiger partial charge in [-0.25, -0.2) is 9.29 Å². The maximum absolute atomic E-state index is 13.7. The molecule has 1 N–H and O–H groups in total. The van der Waals surface area contributed by atoms with Crippen LogP contribution in [0.15, 0.2) is 78.5 Å². The van der Waals surface area contributed by atoms with Gasteiger partial charge in [-0.2, -0.15) is 0 Å². The lowest BCUT2D eigenvalue weighted by molar-refractivity contribution is -0.120. The second-order valence-corrected chi connectivity index (χ2v) is 7.04. The number of benzene rings is 3. The summed E-state index contributed by atoms with van der Waals surface area (Å²) in [6.45, 7) is 3.93. The van der Waals surface area contributed by atoms with E-state index in [1.165, 1.54) is 18.2 Å². The van der Waals surface area contributed by atoms with Gasteiger partial charge in [-0.05, 0) is 60.9 Å². The van der Waals surface area contributed by atoms with E-state index in [4.69, 9.17) is 0 Å². The van der Waals surface area contributed by atoms with Crippen molar-refractivity contribution in [2.24, 2.45) is 0 Å². The van der Waals surface area contributed by atoms with E-state index < -0.39 is 17.6 Å². The van der Waals surface area contributed by atoms with E-state index in [2.05, 4.69) is 5.32 Å². The van der Waals surface area contributed by atoms with Crippen molar-refractivity contribution in [1.29, 1.82) is 0 Å². The van der Waals surface area contributed by atoms with E-state index in [1.54, 1.807) is 30.3 Å². The third kappa shape index (κ3) is 3.55. The molecule has 1 aliphatic rings. The molecule has 1 heterocycles. The lowest BCUT2D eigenvalue weighted by Gasteiger charge is -2.15. The Labute approximate surface area is 168 Å². The number of rotatable bonds is 4. The lowest BCUT2D eigenvalue weighted by Crippen LogP contribution is -2.32. The number of amides is 2. The van der Waals surface area contributed by atoms with Crippen molar-refractivity contribution in [1.82, 2.24) is 0 Å². The van der Waals surface area contributed by atoms with Gasteiger partial charge in [0.25, 0.3) is 11.8 Å². The summed E-state index contributed by atoms with van der Waals surface area (Å²) in [5.74, 6) is -1.52.